The van der Waals surface area contributed by atoms with Gasteiger partial charge in [0, 0.05) is 25.7 Å². The minimum absolute atomic E-state index is 0.121. The molecule has 1 N–H and O–H groups in total. The van der Waals surface area contributed by atoms with Gasteiger partial charge in [-0.25, -0.2) is 0 Å². The van der Waals surface area contributed by atoms with Crippen LogP contribution < -0.4 is 11.1 Å². The van der Waals surface area contributed by atoms with Crippen molar-refractivity contribution < 1.29 is 4.79 Å². The predicted octanol–water partition coefficient (Wildman–Crippen LogP) is 0.802. The summed E-state index contributed by atoms with van der Waals surface area (Å²) in [6, 6.07) is 4.96. The zero-order chi connectivity index (χ0) is 14.9. The van der Waals surface area contributed by atoms with Crippen molar-refractivity contribution in [2.45, 2.75) is 20.4 Å². The number of fused-ring (bicyclic) bond motifs is 1. The van der Waals surface area contributed by atoms with E-state index in [0.29, 0.717) is 29.7 Å². The van der Waals surface area contributed by atoms with Gasteiger partial charge in [-0.15, -0.1) is 0 Å². The van der Waals surface area contributed by atoms with E-state index >= 15 is 0 Å². The summed E-state index contributed by atoms with van der Waals surface area (Å²) < 4.78 is 1.39. The molecule has 0 atom stereocenters. The molecule has 0 aliphatic heterocycles. The number of nitrogens with one attached hydrogen (secondary N) is 1. The summed E-state index contributed by atoms with van der Waals surface area (Å²) in [7, 11) is 1.71. The van der Waals surface area contributed by atoms with Crippen LogP contribution in [0.4, 0.5) is 0 Å². The Morgan fingerprint density at radius 1 is 1.30 bits per heavy atom. The SMILES string of the molecule is CCN(C)C(=O)c1ccc2c(c1)[nH]c(=O)c(=O)n2CC. The Labute approximate surface area is 115 Å². The van der Waals surface area contributed by atoms with E-state index in [9.17, 15) is 14.4 Å². The molecule has 1 amide bonds. The lowest BCUT2D eigenvalue weighted by molar-refractivity contribution is 0.0802. The highest BCUT2D eigenvalue weighted by molar-refractivity contribution is 5.97. The smallest absolute Gasteiger partial charge is 0.316 e. The Kier molecular flexibility index (Phi) is 3.74. The number of nitrogens with zero attached hydrogens (tertiary/aromatic N) is 2. The average Bonchev–Trinajstić information content (AvgIpc) is 2.46. The second kappa shape index (κ2) is 5.32. The van der Waals surface area contributed by atoms with Crippen molar-refractivity contribution in [3.63, 3.8) is 0 Å². The number of hydrogen-bond donors (Lipinski definition) is 1. The third-order valence-electron chi connectivity index (χ3n) is 3.36. The molecule has 0 aliphatic rings. The van der Waals surface area contributed by atoms with E-state index in [2.05, 4.69) is 4.98 Å². The highest BCUT2D eigenvalue weighted by Gasteiger charge is 2.12. The molecule has 0 radical (unpaired) electrons. The lowest BCUT2D eigenvalue weighted by Gasteiger charge is -2.15. The molecule has 0 saturated carbocycles. The summed E-state index contributed by atoms with van der Waals surface area (Å²) in [6.45, 7) is 4.68. The Balaban J connectivity index is 2.67. The first-order chi connectivity index (χ1) is 9.49. The van der Waals surface area contributed by atoms with Crippen LogP contribution in [-0.4, -0.2) is 34.0 Å². The fourth-order valence-corrected chi connectivity index (χ4v) is 2.09. The number of carbonyl (C=O) groups excluding carboxylic acids is 1. The summed E-state index contributed by atoms with van der Waals surface area (Å²) >= 11 is 0. The molecule has 0 bridgehead atoms. The zero-order valence-corrected chi connectivity index (χ0v) is 11.8. The Morgan fingerprint density at radius 2 is 2.00 bits per heavy atom. The van der Waals surface area contributed by atoms with Crippen LogP contribution in [0, 0.1) is 0 Å². The third kappa shape index (κ3) is 2.24. The summed E-state index contributed by atoms with van der Waals surface area (Å²) in [4.78, 5) is 39.5. The second-order valence-electron chi connectivity index (χ2n) is 4.55. The fraction of sp³-hybridized carbons (Fsp3) is 0.357. The summed E-state index contributed by atoms with van der Waals surface area (Å²) in [5, 5.41) is 0. The van der Waals surface area contributed by atoms with E-state index in [-0.39, 0.29) is 5.91 Å². The van der Waals surface area contributed by atoms with Crippen LogP contribution in [0.3, 0.4) is 0 Å². The number of carbonyl (C=O) groups is 1. The van der Waals surface area contributed by atoms with Gasteiger partial charge in [0.25, 0.3) is 5.91 Å². The van der Waals surface area contributed by atoms with Crippen molar-refractivity contribution in [2.75, 3.05) is 13.6 Å². The molecule has 1 aromatic carbocycles. The van der Waals surface area contributed by atoms with Gasteiger partial charge < -0.3 is 14.5 Å². The van der Waals surface area contributed by atoms with Crippen molar-refractivity contribution >= 4 is 16.9 Å². The van der Waals surface area contributed by atoms with Crippen molar-refractivity contribution in [3.05, 3.63) is 44.5 Å². The van der Waals surface area contributed by atoms with Crippen LogP contribution in [-0.2, 0) is 6.54 Å². The first-order valence-corrected chi connectivity index (χ1v) is 6.52. The van der Waals surface area contributed by atoms with E-state index in [4.69, 9.17) is 0 Å². The van der Waals surface area contributed by atoms with Crippen LogP contribution in [0.15, 0.2) is 27.8 Å². The molecular formula is C14H17N3O3. The predicted molar refractivity (Wildman–Crippen MR) is 77.1 cm³/mol. The minimum atomic E-state index is -0.673. The number of hydrogen-bond acceptors (Lipinski definition) is 3. The van der Waals surface area contributed by atoms with Crippen LogP contribution >= 0.6 is 0 Å². The highest BCUT2D eigenvalue weighted by Crippen LogP contribution is 2.13. The Hall–Kier alpha value is -2.37. The molecule has 0 spiro atoms. The van der Waals surface area contributed by atoms with Crippen LogP contribution in [0.5, 0.6) is 0 Å². The van der Waals surface area contributed by atoms with Crippen molar-refractivity contribution in [1.29, 1.82) is 0 Å². The minimum Gasteiger partial charge on any atom is -0.342 e. The quantitative estimate of drug-likeness (QED) is 0.842. The van der Waals surface area contributed by atoms with Gasteiger partial charge in [-0.2, -0.15) is 0 Å². The first-order valence-electron chi connectivity index (χ1n) is 6.52. The molecule has 0 saturated heterocycles. The monoisotopic (exact) mass is 275 g/mol. The van der Waals surface area contributed by atoms with E-state index in [1.165, 1.54) is 4.57 Å². The molecule has 2 aromatic rings. The summed E-state index contributed by atoms with van der Waals surface area (Å²) in [6.07, 6.45) is 0. The number of H-pyrrole nitrogens is 1. The molecule has 0 unspecified atom stereocenters. The highest BCUT2D eigenvalue weighted by atomic mass is 16.2. The van der Waals surface area contributed by atoms with Gasteiger partial charge in [-0.1, -0.05) is 0 Å². The number of benzene rings is 1. The lowest BCUT2D eigenvalue weighted by atomic mass is 10.1. The van der Waals surface area contributed by atoms with Gasteiger partial charge in [0.1, 0.15) is 0 Å². The maximum atomic E-state index is 12.1. The van der Waals surface area contributed by atoms with Gasteiger partial charge in [-0.05, 0) is 32.0 Å². The number of rotatable bonds is 3. The summed E-state index contributed by atoms with van der Waals surface area (Å²) in [5.41, 5.74) is 0.343. The molecular weight excluding hydrogens is 258 g/mol. The van der Waals surface area contributed by atoms with Crippen LogP contribution in [0.1, 0.15) is 24.2 Å². The van der Waals surface area contributed by atoms with E-state index in [1.54, 1.807) is 37.1 Å². The summed E-state index contributed by atoms with van der Waals surface area (Å²) in [5.74, 6) is -0.121. The molecule has 1 heterocycles. The average molecular weight is 275 g/mol. The largest absolute Gasteiger partial charge is 0.342 e. The molecule has 20 heavy (non-hydrogen) atoms. The molecule has 6 heteroatoms. The Morgan fingerprint density at radius 3 is 2.60 bits per heavy atom. The second-order valence-corrected chi connectivity index (χ2v) is 4.55. The Bertz CT molecular complexity index is 773. The molecule has 6 nitrogen and oxygen atoms in total. The normalized spacial score (nSPS) is 10.8. The van der Waals surface area contributed by atoms with Crippen LogP contribution in [0.25, 0.3) is 11.0 Å². The number of amides is 1. The fourth-order valence-electron chi connectivity index (χ4n) is 2.09. The number of aryl methyl sites for hydroxylation is 1. The zero-order valence-electron chi connectivity index (χ0n) is 11.8. The van der Waals surface area contributed by atoms with Gasteiger partial charge >= 0.3 is 11.1 Å². The van der Waals surface area contributed by atoms with Crippen LogP contribution in [0.2, 0.25) is 0 Å². The van der Waals surface area contributed by atoms with E-state index < -0.39 is 11.1 Å². The van der Waals surface area contributed by atoms with Crippen molar-refractivity contribution in [2.24, 2.45) is 0 Å². The van der Waals surface area contributed by atoms with Gasteiger partial charge in [0.05, 0.1) is 11.0 Å². The van der Waals surface area contributed by atoms with Crippen molar-refractivity contribution in [1.82, 2.24) is 14.5 Å². The topological polar surface area (TPSA) is 75.2 Å². The van der Waals surface area contributed by atoms with Crippen molar-refractivity contribution in [3.8, 4) is 0 Å². The lowest BCUT2D eigenvalue weighted by Crippen LogP contribution is -2.36. The maximum Gasteiger partial charge on any atom is 0.316 e. The third-order valence-corrected chi connectivity index (χ3v) is 3.36. The molecule has 0 aliphatic carbocycles. The molecule has 2 rings (SSSR count). The number of aromatic amines is 1. The van der Waals surface area contributed by atoms with Gasteiger partial charge in [0.2, 0.25) is 0 Å². The van der Waals surface area contributed by atoms with Gasteiger partial charge in [-0.3, -0.25) is 14.4 Å². The van der Waals surface area contributed by atoms with E-state index in [1.807, 2.05) is 6.92 Å². The molecule has 1 aromatic heterocycles. The maximum absolute atomic E-state index is 12.1. The van der Waals surface area contributed by atoms with E-state index in [0.717, 1.165) is 0 Å². The first kappa shape index (κ1) is 14.0. The van der Waals surface area contributed by atoms with Gasteiger partial charge in [0.15, 0.2) is 0 Å². The molecule has 106 valence electrons. The standard InChI is InChI=1S/C14H17N3O3/c1-4-16(3)13(19)9-6-7-11-10(8-9)15-12(18)14(20)17(11)5-2/h6-8H,4-5H2,1-3H3,(H,15,18). The molecule has 0 fully saturated rings. The number of aromatic nitrogens is 2.